The van der Waals surface area contributed by atoms with Gasteiger partial charge in [0.15, 0.2) is 10.5 Å². The molecule has 2 unspecified atom stereocenters. The van der Waals surface area contributed by atoms with E-state index in [-0.39, 0.29) is 0 Å². The molecule has 8 heavy (non-hydrogen) atoms. The van der Waals surface area contributed by atoms with E-state index in [0.717, 1.165) is 12.8 Å². The summed E-state index contributed by atoms with van der Waals surface area (Å²) in [7, 11) is 0. The Bertz CT molecular complexity index is 74.6. The summed E-state index contributed by atoms with van der Waals surface area (Å²) in [6.45, 7) is 4.22. The molecule has 1 aliphatic heterocycles. The maximum absolute atomic E-state index is 10.8. The fourth-order valence-corrected chi connectivity index (χ4v) is 2.87. The van der Waals surface area contributed by atoms with Gasteiger partial charge in [-0.1, -0.05) is 13.8 Å². The maximum Gasteiger partial charge on any atom is 0.162 e. The Morgan fingerprint density at radius 3 is 1.75 bits per heavy atom. The van der Waals surface area contributed by atoms with Crippen LogP contribution in [0.2, 0.25) is 0 Å². The van der Waals surface area contributed by atoms with E-state index < -0.39 is 11.2 Å². The van der Waals surface area contributed by atoms with Crippen LogP contribution in [-0.4, -0.2) is 15.1 Å². The van der Waals surface area contributed by atoms with Crippen LogP contribution in [0, 0.1) is 0 Å². The summed E-state index contributed by atoms with van der Waals surface area (Å²) in [5.41, 5.74) is 0. The molecule has 0 spiro atoms. The summed E-state index contributed by atoms with van der Waals surface area (Å²) in [4.78, 5) is 0. The first-order valence-electron chi connectivity index (χ1n) is 3.20. The molecule has 0 saturated carbocycles. The molecule has 1 nitrogen and oxygen atoms in total. The van der Waals surface area contributed by atoms with Gasteiger partial charge in [-0.2, -0.15) is 0 Å². The lowest BCUT2D eigenvalue weighted by Gasteiger charge is -1.80. The van der Waals surface area contributed by atoms with Gasteiger partial charge in [0, 0.05) is 0 Å². The van der Waals surface area contributed by atoms with Gasteiger partial charge < -0.3 is 4.55 Å². The van der Waals surface area contributed by atoms with Gasteiger partial charge in [0.1, 0.15) is 0 Å². The minimum atomic E-state index is -0.437. The lowest BCUT2D eigenvalue weighted by atomic mass is 10.2. The van der Waals surface area contributed by atoms with E-state index in [1.165, 1.54) is 0 Å². The van der Waals surface area contributed by atoms with E-state index in [0.29, 0.717) is 10.5 Å². The molecule has 0 bridgehead atoms. The molecule has 0 aliphatic carbocycles. The van der Waals surface area contributed by atoms with Crippen molar-refractivity contribution in [1.82, 2.24) is 0 Å². The van der Waals surface area contributed by atoms with E-state index in [9.17, 15) is 4.55 Å². The third-order valence-corrected chi connectivity index (χ3v) is 3.94. The monoisotopic (exact) mass is 132 g/mol. The summed E-state index contributed by atoms with van der Waals surface area (Å²) >= 11 is -0.437. The third kappa shape index (κ3) is 0.869. The Kier molecular flexibility index (Phi) is 1.83. The van der Waals surface area contributed by atoms with Gasteiger partial charge in [-0.05, 0) is 24.0 Å². The highest BCUT2D eigenvalue weighted by Crippen LogP contribution is 2.37. The molecule has 0 amide bonds. The maximum atomic E-state index is 10.8. The zero-order valence-corrected chi connectivity index (χ0v) is 6.20. The average molecular weight is 132 g/mol. The van der Waals surface area contributed by atoms with Gasteiger partial charge in [0.2, 0.25) is 0 Å². The molecule has 1 rings (SSSR count). The van der Waals surface area contributed by atoms with Crippen molar-refractivity contribution in [2.75, 3.05) is 0 Å². The molecule has 1 saturated heterocycles. The Balaban J connectivity index is 2.23. The average Bonchev–Trinajstić information content (AvgIpc) is 2.40. The highest BCUT2D eigenvalue weighted by molar-refractivity contribution is 7.99. The van der Waals surface area contributed by atoms with Gasteiger partial charge in [-0.25, -0.2) is 0 Å². The van der Waals surface area contributed by atoms with Crippen LogP contribution >= 0.6 is 0 Å². The molecular weight excluding hydrogens is 120 g/mol. The van der Waals surface area contributed by atoms with Gasteiger partial charge in [-0.3, -0.25) is 0 Å². The highest BCUT2D eigenvalue weighted by Gasteiger charge is 2.52. The van der Waals surface area contributed by atoms with Gasteiger partial charge in [0.25, 0.3) is 0 Å². The molecule has 1 heterocycles. The fourth-order valence-electron chi connectivity index (χ4n) is 1.13. The van der Waals surface area contributed by atoms with Crippen LogP contribution in [0.4, 0.5) is 0 Å². The van der Waals surface area contributed by atoms with Crippen LogP contribution in [0.15, 0.2) is 0 Å². The standard InChI is InChI=1S/C6H12OS/c1-3-5-6(4-2)8(5)7/h5-6H,3-4H2,1-2H3. The SMILES string of the molecule is CCC1C(CC)[S+]1[O-]. The second-order valence-corrected chi connectivity index (χ2v) is 4.09. The Labute approximate surface area is 53.7 Å². The molecule has 2 heteroatoms. The molecule has 0 aromatic rings. The normalized spacial score (nSPS) is 44.6. The van der Waals surface area contributed by atoms with Crippen LogP contribution in [-0.2, 0) is 11.2 Å². The molecule has 0 aromatic carbocycles. The van der Waals surface area contributed by atoms with Crippen molar-refractivity contribution >= 4 is 11.2 Å². The molecular formula is C6H12OS. The quantitative estimate of drug-likeness (QED) is 0.410. The van der Waals surface area contributed by atoms with Crippen molar-refractivity contribution < 1.29 is 4.55 Å². The van der Waals surface area contributed by atoms with Crippen LogP contribution in [0.25, 0.3) is 0 Å². The highest BCUT2D eigenvalue weighted by atomic mass is 32.2. The predicted octanol–water partition coefficient (Wildman–Crippen LogP) is 1.31. The molecule has 0 radical (unpaired) electrons. The van der Waals surface area contributed by atoms with Gasteiger partial charge in [-0.15, -0.1) is 0 Å². The van der Waals surface area contributed by atoms with Crippen molar-refractivity contribution in [2.24, 2.45) is 0 Å². The van der Waals surface area contributed by atoms with E-state index in [1.54, 1.807) is 0 Å². The van der Waals surface area contributed by atoms with E-state index in [4.69, 9.17) is 0 Å². The summed E-state index contributed by atoms with van der Waals surface area (Å²) in [5, 5.41) is 1.11. The topological polar surface area (TPSA) is 23.1 Å². The molecule has 0 N–H and O–H groups in total. The summed E-state index contributed by atoms with van der Waals surface area (Å²) in [6, 6.07) is 0. The first kappa shape index (κ1) is 6.43. The summed E-state index contributed by atoms with van der Waals surface area (Å²) < 4.78 is 10.8. The van der Waals surface area contributed by atoms with Gasteiger partial charge in [0.05, 0.1) is 0 Å². The Morgan fingerprint density at radius 1 is 1.25 bits per heavy atom. The van der Waals surface area contributed by atoms with Crippen LogP contribution in [0.3, 0.4) is 0 Å². The van der Waals surface area contributed by atoms with E-state index >= 15 is 0 Å². The smallest absolute Gasteiger partial charge is 0.162 e. The summed E-state index contributed by atoms with van der Waals surface area (Å²) in [6.07, 6.45) is 2.20. The van der Waals surface area contributed by atoms with Crippen LogP contribution < -0.4 is 0 Å². The molecule has 48 valence electrons. The molecule has 1 fully saturated rings. The third-order valence-electron chi connectivity index (χ3n) is 1.74. The second kappa shape index (κ2) is 2.28. The lowest BCUT2D eigenvalue weighted by molar-refractivity contribution is 0.609. The minimum absolute atomic E-state index is 0.437. The first-order valence-corrected chi connectivity index (χ1v) is 4.48. The first-order chi connectivity index (χ1) is 3.81. The summed E-state index contributed by atoms with van der Waals surface area (Å²) in [5.74, 6) is 0. The predicted molar refractivity (Wildman–Crippen MR) is 36.3 cm³/mol. The van der Waals surface area contributed by atoms with Crippen molar-refractivity contribution in [3.05, 3.63) is 0 Å². The number of hydrogen-bond donors (Lipinski definition) is 0. The Morgan fingerprint density at radius 2 is 1.62 bits per heavy atom. The van der Waals surface area contributed by atoms with E-state index in [1.807, 2.05) is 0 Å². The lowest BCUT2D eigenvalue weighted by Crippen LogP contribution is -1.87. The van der Waals surface area contributed by atoms with Crippen LogP contribution in [0.5, 0.6) is 0 Å². The molecule has 2 atom stereocenters. The van der Waals surface area contributed by atoms with Crippen molar-refractivity contribution in [3.8, 4) is 0 Å². The Hall–Kier alpha value is 0.310. The second-order valence-electron chi connectivity index (χ2n) is 2.22. The van der Waals surface area contributed by atoms with Crippen molar-refractivity contribution in [2.45, 2.75) is 37.2 Å². The van der Waals surface area contributed by atoms with Crippen molar-refractivity contribution in [1.29, 1.82) is 0 Å². The number of rotatable bonds is 2. The largest absolute Gasteiger partial charge is 0.616 e. The van der Waals surface area contributed by atoms with Crippen molar-refractivity contribution in [3.63, 3.8) is 0 Å². The zero-order chi connectivity index (χ0) is 6.15. The zero-order valence-electron chi connectivity index (χ0n) is 5.39. The van der Waals surface area contributed by atoms with Crippen LogP contribution in [0.1, 0.15) is 26.7 Å². The molecule has 1 aliphatic rings. The molecule has 0 aromatic heterocycles. The number of hydrogen-bond acceptors (Lipinski definition) is 1. The van der Waals surface area contributed by atoms with Gasteiger partial charge >= 0.3 is 0 Å². The van der Waals surface area contributed by atoms with E-state index in [2.05, 4.69) is 13.8 Å². The minimum Gasteiger partial charge on any atom is -0.616 e. The fraction of sp³-hybridized carbons (Fsp3) is 1.00.